The number of aromatic nitrogens is 2. The molecule has 3 heterocycles. The van der Waals surface area contributed by atoms with Gasteiger partial charge in [-0.25, -0.2) is 9.97 Å². The van der Waals surface area contributed by atoms with Crippen LogP contribution in [0.4, 0.5) is 11.4 Å². The molecule has 1 N–H and O–H groups in total. The van der Waals surface area contributed by atoms with Crippen molar-refractivity contribution in [2.45, 2.75) is 5.03 Å². The van der Waals surface area contributed by atoms with Crippen LogP contribution in [0, 0.1) is 0 Å². The van der Waals surface area contributed by atoms with E-state index in [0.29, 0.717) is 0 Å². The van der Waals surface area contributed by atoms with Crippen molar-refractivity contribution in [1.29, 1.82) is 0 Å². The van der Waals surface area contributed by atoms with Gasteiger partial charge in [0.15, 0.2) is 0 Å². The third-order valence-corrected chi connectivity index (χ3v) is 7.16. The first-order valence-corrected chi connectivity index (χ1v) is 12.3. The molecule has 1 fully saturated rings. The predicted octanol–water partition coefficient (Wildman–Crippen LogP) is 4.93. The first-order valence-electron chi connectivity index (χ1n) is 10.4. The van der Waals surface area contributed by atoms with E-state index in [1.807, 2.05) is 42.5 Å². The van der Waals surface area contributed by atoms with Crippen molar-refractivity contribution < 1.29 is 9.53 Å². The van der Waals surface area contributed by atoms with Crippen LogP contribution in [0.15, 0.2) is 71.3 Å². The zero-order valence-corrected chi connectivity index (χ0v) is 19.0. The van der Waals surface area contributed by atoms with Crippen LogP contribution in [0.25, 0.3) is 21.3 Å². The topological polar surface area (TPSA) is 67.4 Å². The lowest BCUT2D eigenvalue weighted by molar-refractivity contribution is -0.113. The maximum atomic E-state index is 12.6. The van der Waals surface area contributed by atoms with Crippen LogP contribution in [0.5, 0.6) is 0 Å². The van der Waals surface area contributed by atoms with Crippen molar-refractivity contribution in [1.82, 2.24) is 9.97 Å². The molecule has 0 bridgehead atoms. The Morgan fingerprint density at radius 2 is 1.84 bits per heavy atom. The van der Waals surface area contributed by atoms with Gasteiger partial charge in [0.25, 0.3) is 0 Å². The van der Waals surface area contributed by atoms with Crippen molar-refractivity contribution in [3.63, 3.8) is 0 Å². The number of benzene rings is 2. The second-order valence-electron chi connectivity index (χ2n) is 7.36. The highest BCUT2D eigenvalue weighted by atomic mass is 32.2. The average Bonchev–Trinajstić information content (AvgIpc) is 3.29. The lowest BCUT2D eigenvalue weighted by Gasteiger charge is -2.28. The number of hydrogen-bond donors (Lipinski definition) is 1. The molecule has 0 radical (unpaired) electrons. The van der Waals surface area contributed by atoms with Gasteiger partial charge in [0.2, 0.25) is 5.91 Å². The fourth-order valence-electron chi connectivity index (χ4n) is 3.70. The van der Waals surface area contributed by atoms with Gasteiger partial charge in [0.1, 0.15) is 16.2 Å². The fourth-order valence-corrected chi connectivity index (χ4v) is 5.49. The minimum Gasteiger partial charge on any atom is -0.378 e. The third kappa shape index (κ3) is 4.62. The van der Waals surface area contributed by atoms with Crippen LogP contribution >= 0.6 is 23.1 Å². The lowest BCUT2D eigenvalue weighted by atomic mass is 10.1. The normalized spacial score (nSPS) is 13.9. The van der Waals surface area contributed by atoms with Crippen LogP contribution in [0.1, 0.15) is 0 Å². The second-order valence-corrected chi connectivity index (χ2v) is 9.18. The van der Waals surface area contributed by atoms with Crippen LogP contribution in [0.3, 0.4) is 0 Å². The standard InChI is InChI=1S/C24H22N4O2S2/c29-21(27-18-6-8-19(9-7-18)28-10-12-30-13-11-28)15-32-24-22-20(17-4-2-1-3-5-17)14-31-23(22)25-16-26-24/h1-9,14,16H,10-13,15H2,(H,27,29). The van der Waals surface area contributed by atoms with E-state index in [4.69, 9.17) is 4.74 Å². The number of carbonyl (C=O) groups excluding carboxylic acids is 1. The number of hydrogen-bond acceptors (Lipinski definition) is 7. The molecule has 0 saturated carbocycles. The molecule has 1 saturated heterocycles. The third-order valence-electron chi connectivity index (χ3n) is 5.29. The molecule has 8 heteroatoms. The lowest BCUT2D eigenvalue weighted by Crippen LogP contribution is -2.36. The van der Waals surface area contributed by atoms with Gasteiger partial charge in [0.05, 0.1) is 24.4 Å². The number of carbonyl (C=O) groups is 1. The molecular formula is C24H22N4O2S2. The number of anilines is 2. The summed E-state index contributed by atoms with van der Waals surface area (Å²) in [5.74, 6) is 0.221. The van der Waals surface area contributed by atoms with E-state index in [1.165, 1.54) is 11.8 Å². The van der Waals surface area contributed by atoms with E-state index >= 15 is 0 Å². The molecule has 1 amide bonds. The van der Waals surface area contributed by atoms with Crippen molar-refractivity contribution in [3.8, 4) is 11.1 Å². The van der Waals surface area contributed by atoms with Crippen LogP contribution in [-0.2, 0) is 9.53 Å². The van der Waals surface area contributed by atoms with Crippen molar-refractivity contribution in [2.24, 2.45) is 0 Å². The Hall–Kier alpha value is -2.94. The monoisotopic (exact) mass is 462 g/mol. The molecule has 0 spiro atoms. The van der Waals surface area contributed by atoms with E-state index in [9.17, 15) is 4.79 Å². The highest BCUT2D eigenvalue weighted by Gasteiger charge is 2.15. The Morgan fingerprint density at radius 1 is 1.06 bits per heavy atom. The van der Waals surface area contributed by atoms with Gasteiger partial charge in [-0.1, -0.05) is 42.1 Å². The highest BCUT2D eigenvalue weighted by molar-refractivity contribution is 8.00. The number of nitrogens with one attached hydrogen (secondary N) is 1. The van der Waals surface area contributed by atoms with E-state index in [2.05, 4.69) is 37.7 Å². The summed E-state index contributed by atoms with van der Waals surface area (Å²) in [7, 11) is 0. The zero-order valence-electron chi connectivity index (χ0n) is 17.4. The number of nitrogens with zero attached hydrogens (tertiary/aromatic N) is 3. The Balaban J connectivity index is 1.26. The van der Waals surface area contributed by atoms with Gasteiger partial charge in [-0.05, 0) is 29.8 Å². The van der Waals surface area contributed by atoms with E-state index in [0.717, 1.165) is 64.0 Å². The van der Waals surface area contributed by atoms with Gasteiger partial charge in [-0.3, -0.25) is 4.79 Å². The summed E-state index contributed by atoms with van der Waals surface area (Å²) in [5.41, 5.74) is 4.17. The minimum absolute atomic E-state index is 0.0580. The molecule has 162 valence electrons. The highest BCUT2D eigenvalue weighted by Crippen LogP contribution is 2.37. The van der Waals surface area contributed by atoms with Gasteiger partial charge in [-0.2, -0.15) is 0 Å². The Kier molecular flexibility index (Phi) is 6.34. The summed E-state index contributed by atoms with van der Waals surface area (Å²) in [5, 5.41) is 6.93. The summed E-state index contributed by atoms with van der Waals surface area (Å²) >= 11 is 3.03. The molecule has 5 rings (SSSR count). The first kappa shape index (κ1) is 20.9. The number of thiophene rings is 1. The molecule has 0 aliphatic carbocycles. The number of fused-ring (bicyclic) bond motifs is 1. The van der Waals surface area contributed by atoms with Crippen molar-refractivity contribution >= 4 is 50.6 Å². The quantitative estimate of drug-likeness (QED) is 0.324. The molecule has 0 unspecified atom stereocenters. The van der Waals surface area contributed by atoms with Gasteiger partial charge in [0, 0.05) is 35.4 Å². The fraction of sp³-hybridized carbons (Fsp3) is 0.208. The smallest absolute Gasteiger partial charge is 0.234 e. The van der Waals surface area contributed by atoms with Gasteiger partial charge >= 0.3 is 0 Å². The van der Waals surface area contributed by atoms with Gasteiger partial charge in [-0.15, -0.1) is 11.3 Å². The van der Waals surface area contributed by atoms with Crippen molar-refractivity contribution in [3.05, 3.63) is 66.3 Å². The minimum atomic E-state index is -0.0580. The second kappa shape index (κ2) is 9.68. The van der Waals surface area contributed by atoms with E-state index < -0.39 is 0 Å². The number of rotatable bonds is 6. The average molecular weight is 463 g/mol. The van der Waals surface area contributed by atoms with Crippen LogP contribution in [0.2, 0.25) is 0 Å². The zero-order chi connectivity index (χ0) is 21.8. The maximum absolute atomic E-state index is 12.6. The molecule has 1 aliphatic heterocycles. The molecule has 32 heavy (non-hydrogen) atoms. The summed E-state index contributed by atoms with van der Waals surface area (Å²) < 4.78 is 5.41. The number of ether oxygens (including phenoxy) is 1. The Morgan fingerprint density at radius 3 is 2.62 bits per heavy atom. The largest absolute Gasteiger partial charge is 0.378 e. The number of morpholine rings is 1. The molecule has 0 atom stereocenters. The van der Waals surface area contributed by atoms with Crippen LogP contribution in [-0.4, -0.2) is 47.9 Å². The van der Waals surface area contributed by atoms with Crippen LogP contribution < -0.4 is 10.2 Å². The summed E-state index contributed by atoms with van der Waals surface area (Å²) in [6.45, 7) is 3.29. The Labute approximate surface area is 194 Å². The molecule has 2 aromatic carbocycles. The predicted molar refractivity (Wildman–Crippen MR) is 132 cm³/mol. The molecule has 1 aliphatic rings. The van der Waals surface area contributed by atoms with E-state index in [1.54, 1.807) is 17.7 Å². The molecule has 6 nitrogen and oxygen atoms in total. The summed E-state index contributed by atoms with van der Waals surface area (Å²) in [6.07, 6.45) is 1.57. The molecule has 4 aromatic rings. The maximum Gasteiger partial charge on any atom is 0.234 e. The Bertz CT molecular complexity index is 1210. The number of amides is 1. The van der Waals surface area contributed by atoms with E-state index in [-0.39, 0.29) is 11.7 Å². The first-order chi connectivity index (χ1) is 15.8. The number of thioether (sulfide) groups is 1. The molecular weight excluding hydrogens is 440 g/mol. The summed E-state index contributed by atoms with van der Waals surface area (Å²) in [4.78, 5) is 24.7. The van der Waals surface area contributed by atoms with Crippen molar-refractivity contribution in [2.75, 3.05) is 42.3 Å². The SMILES string of the molecule is O=C(CSc1ncnc2scc(-c3ccccc3)c12)Nc1ccc(N2CCOCC2)cc1. The van der Waals surface area contributed by atoms with Gasteiger partial charge < -0.3 is 15.0 Å². The summed E-state index contributed by atoms with van der Waals surface area (Å²) in [6, 6.07) is 18.2. The molecule has 2 aromatic heterocycles.